The molecular weight excluding hydrogens is 345 g/mol. The van der Waals surface area contributed by atoms with Crippen LogP contribution in [0.25, 0.3) is 0 Å². The summed E-state index contributed by atoms with van der Waals surface area (Å²) in [5.74, 6) is 0.224. The van der Waals surface area contributed by atoms with E-state index in [0.717, 1.165) is 5.56 Å². The van der Waals surface area contributed by atoms with Crippen LogP contribution in [0.5, 0.6) is 11.6 Å². The Balaban J connectivity index is 1.63. The lowest BCUT2D eigenvalue weighted by Crippen LogP contribution is -2.22. The molecule has 5 nitrogen and oxygen atoms in total. The average Bonchev–Trinajstić information content (AvgIpc) is 2.62. The van der Waals surface area contributed by atoms with Crippen LogP contribution in [-0.2, 0) is 6.54 Å². The van der Waals surface area contributed by atoms with Crippen LogP contribution in [-0.4, -0.2) is 15.9 Å². The summed E-state index contributed by atoms with van der Waals surface area (Å²) in [7, 11) is 0. The number of hydrogen-bond donors (Lipinski definition) is 1. The third-order valence-electron chi connectivity index (χ3n) is 3.28. The molecule has 0 aliphatic heterocycles. The van der Waals surface area contributed by atoms with Crippen LogP contribution >= 0.6 is 11.6 Å². The largest absolute Gasteiger partial charge is 0.439 e. The number of rotatable bonds is 5. The standard InChI is InChI=1S/C18H13ClFN3O2/c19-16-10-13(6-8-21-16)18(24)23-11-12-5-7-22-17(9-12)25-15-3-1-14(20)2-4-15/h1-10H,11H2,(H,23,24). The maximum Gasteiger partial charge on any atom is 0.251 e. The van der Waals surface area contributed by atoms with Crippen molar-refractivity contribution in [1.82, 2.24) is 15.3 Å². The Bertz CT molecular complexity index is 887. The monoisotopic (exact) mass is 357 g/mol. The Morgan fingerprint density at radius 1 is 1.08 bits per heavy atom. The van der Waals surface area contributed by atoms with Gasteiger partial charge in [-0.05, 0) is 48.0 Å². The van der Waals surface area contributed by atoms with Gasteiger partial charge in [0.25, 0.3) is 5.91 Å². The second-order valence-corrected chi connectivity index (χ2v) is 5.50. The summed E-state index contributed by atoms with van der Waals surface area (Å²) in [5, 5.41) is 3.04. The predicted octanol–water partition coefficient (Wildman–Crippen LogP) is 3.99. The number of pyridine rings is 2. The van der Waals surface area contributed by atoms with Crippen LogP contribution in [0.1, 0.15) is 15.9 Å². The molecule has 7 heteroatoms. The molecule has 0 spiro atoms. The van der Waals surface area contributed by atoms with Gasteiger partial charge in [0.15, 0.2) is 0 Å². The van der Waals surface area contributed by atoms with Crippen LogP contribution in [0.2, 0.25) is 5.15 Å². The van der Waals surface area contributed by atoms with Crippen LogP contribution in [0, 0.1) is 5.82 Å². The van der Waals surface area contributed by atoms with Gasteiger partial charge in [0, 0.05) is 30.6 Å². The van der Waals surface area contributed by atoms with E-state index in [1.54, 1.807) is 24.4 Å². The first-order chi connectivity index (χ1) is 12.1. The number of ether oxygens (including phenoxy) is 1. The first-order valence-corrected chi connectivity index (χ1v) is 7.76. The first kappa shape index (κ1) is 16.9. The summed E-state index contributed by atoms with van der Waals surface area (Å²) in [6, 6.07) is 12.2. The van der Waals surface area contributed by atoms with Gasteiger partial charge in [-0.2, -0.15) is 0 Å². The quantitative estimate of drug-likeness (QED) is 0.701. The highest BCUT2D eigenvalue weighted by Gasteiger charge is 2.07. The molecule has 0 saturated heterocycles. The topological polar surface area (TPSA) is 64.1 Å². The van der Waals surface area contributed by atoms with Crippen molar-refractivity contribution in [3.8, 4) is 11.6 Å². The Labute approximate surface area is 148 Å². The number of halogens is 2. The van der Waals surface area contributed by atoms with E-state index in [4.69, 9.17) is 16.3 Å². The third kappa shape index (κ3) is 4.74. The number of aromatic nitrogens is 2. The number of benzene rings is 1. The van der Waals surface area contributed by atoms with E-state index >= 15 is 0 Å². The molecule has 0 atom stereocenters. The Morgan fingerprint density at radius 2 is 1.84 bits per heavy atom. The van der Waals surface area contributed by atoms with Gasteiger partial charge in [0.2, 0.25) is 5.88 Å². The molecule has 2 aromatic heterocycles. The highest BCUT2D eigenvalue weighted by Crippen LogP contribution is 2.20. The summed E-state index contributed by atoms with van der Waals surface area (Å²) in [6.45, 7) is 0.293. The molecule has 25 heavy (non-hydrogen) atoms. The number of nitrogens with one attached hydrogen (secondary N) is 1. The van der Waals surface area contributed by atoms with Crippen LogP contribution in [0.15, 0.2) is 60.9 Å². The zero-order valence-electron chi connectivity index (χ0n) is 12.9. The van der Waals surface area contributed by atoms with Gasteiger partial charge in [0.05, 0.1) is 0 Å². The predicted molar refractivity (Wildman–Crippen MR) is 91.1 cm³/mol. The minimum Gasteiger partial charge on any atom is -0.439 e. The second-order valence-electron chi connectivity index (χ2n) is 5.11. The Morgan fingerprint density at radius 3 is 2.60 bits per heavy atom. The normalized spacial score (nSPS) is 10.3. The summed E-state index contributed by atoms with van der Waals surface area (Å²) in [5.41, 5.74) is 1.23. The molecule has 0 aliphatic carbocycles. The van der Waals surface area contributed by atoms with E-state index in [1.807, 2.05) is 0 Å². The van der Waals surface area contributed by atoms with E-state index < -0.39 is 0 Å². The van der Waals surface area contributed by atoms with Crippen molar-refractivity contribution >= 4 is 17.5 Å². The van der Waals surface area contributed by atoms with Gasteiger partial charge < -0.3 is 10.1 Å². The molecule has 1 N–H and O–H groups in total. The van der Waals surface area contributed by atoms with Gasteiger partial charge in [-0.1, -0.05) is 11.6 Å². The zero-order valence-corrected chi connectivity index (χ0v) is 13.7. The summed E-state index contributed by atoms with van der Waals surface area (Å²) >= 11 is 5.77. The molecule has 126 valence electrons. The molecule has 0 bridgehead atoms. The molecule has 3 aromatic rings. The highest BCUT2D eigenvalue weighted by molar-refractivity contribution is 6.29. The number of hydrogen-bond acceptors (Lipinski definition) is 4. The van der Waals surface area contributed by atoms with Crippen molar-refractivity contribution in [3.05, 3.63) is 83.0 Å². The number of carbonyl (C=O) groups excluding carboxylic acids is 1. The maximum absolute atomic E-state index is 12.9. The number of carbonyl (C=O) groups is 1. The van der Waals surface area contributed by atoms with Crippen molar-refractivity contribution < 1.29 is 13.9 Å². The van der Waals surface area contributed by atoms with E-state index in [0.29, 0.717) is 23.7 Å². The van der Waals surface area contributed by atoms with Crippen LogP contribution < -0.4 is 10.1 Å². The summed E-state index contributed by atoms with van der Waals surface area (Å²) in [6.07, 6.45) is 3.04. The van der Waals surface area contributed by atoms with Crippen molar-refractivity contribution in [2.75, 3.05) is 0 Å². The lowest BCUT2D eigenvalue weighted by Gasteiger charge is -2.08. The highest BCUT2D eigenvalue weighted by atomic mass is 35.5. The van der Waals surface area contributed by atoms with E-state index in [1.165, 1.54) is 36.5 Å². The fraction of sp³-hybridized carbons (Fsp3) is 0.0556. The molecule has 2 heterocycles. The van der Waals surface area contributed by atoms with Crippen molar-refractivity contribution in [1.29, 1.82) is 0 Å². The fourth-order valence-corrected chi connectivity index (χ4v) is 2.24. The number of amides is 1. The summed E-state index contributed by atoms with van der Waals surface area (Å²) in [4.78, 5) is 20.0. The first-order valence-electron chi connectivity index (χ1n) is 7.38. The molecular formula is C18H13ClFN3O2. The smallest absolute Gasteiger partial charge is 0.251 e. The van der Waals surface area contributed by atoms with Gasteiger partial charge in [-0.25, -0.2) is 14.4 Å². The molecule has 0 fully saturated rings. The lowest BCUT2D eigenvalue weighted by atomic mass is 10.2. The third-order valence-corrected chi connectivity index (χ3v) is 3.48. The Hall–Kier alpha value is -2.99. The van der Waals surface area contributed by atoms with E-state index in [9.17, 15) is 9.18 Å². The van der Waals surface area contributed by atoms with Gasteiger partial charge >= 0.3 is 0 Å². The van der Waals surface area contributed by atoms with Gasteiger partial charge in [0.1, 0.15) is 16.7 Å². The average molecular weight is 358 g/mol. The van der Waals surface area contributed by atoms with Crippen LogP contribution in [0.4, 0.5) is 4.39 Å². The van der Waals surface area contributed by atoms with Crippen molar-refractivity contribution in [2.24, 2.45) is 0 Å². The van der Waals surface area contributed by atoms with Crippen molar-refractivity contribution in [3.63, 3.8) is 0 Å². The molecule has 3 rings (SSSR count). The second kappa shape index (κ2) is 7.72. The van der Waals surface area contributed by atoms with Crippen molar-refractivity contribution in [2.45, 2.75) is 6.54 Å². The van der Waals surface area contributed by atoms with Gasteiger partial charge in [-0.15, -0.1) is 0 Å². The molecule has 0 aliphatic rings. The number of nitrogens with zero attached hydrogens (tertiary/aromatic N) is 2. The molecule has 1 aromatic carbocycles. The fourth-order valence-electron chi connectivity index (χ4n) is 2.07. The molecule has 1 amide bonds. The molecule has 0 radical (unpaired) electrons. The maximum atomic E-state index is 12.9. The molecule has 0 saturated carbocycles. The van der Waals surface area contributed by atoms with Crippen LogP contribution in [0.3, 0.4) is 0 Å². The van der Waals surface area contributed by atoms with Gasteiger partial charge in [-0.3, -0.25) is 4.79 Å². The minimum absolute atomic E-state index is 0.256. The van der Waals surface area contributed by atoms with E-state index in [2.05, 4.69) is 15.3 Å². The zero-order chi connectivity index (χ0) is 17.6. The molecule has 0 unspecified atom stereocenters. The lowest BCUT2D eigenvalue weighted by molar-refractivity contribution is 0.0950. The Kier molecular flexibility index (Phi) is 5.20. The SMILES string of the molecule is O=C(NCc1ccnc(Oc2ccc(F)cc2)c1)c1ccnc(Cl)c1. The summed E-state index contributed by atoms with van der Waals surface area (Å²) < 4.78 is 18.5. The van der Waals surface area contributed by atoms with E-state index in [-0.39, 0.29) is 16.9 Å². The minimum atomic E-state index is -0.340.